The molecule has 2 heterocycles. The van der Waals surface area contributed by atoms with Gasteiger partial charge in [-0.25, -0.2) is 18.4 Å². The average molecular weight is 595 g/mol. The molecule has 1 saturated heterocycles. The van der Waals surface area contributed by atoms with Crippen LogP contribution in [0.15, 0.2) is 82.2 Å². The van der Waals surface area contributed by atoms with Gasteiger partial charge in [0, 0.05) is 41.7 Å². The number of anilines is 2. The third kappa shape index (κ3) is 5.61. The first kappa shape index (κ1) is 26.7. The van der Waals surface area contributed by atoms with Gasteiger partial charge < -0.3 is 5.32 Å². The molecule has 7 nitrogen and oxygen atoms in total. The number of benzene rings is 3. The van der Waals surface area contributed by atoms with Gasteiger partial charge in [-0.1, -0.05) is 54.0 Å². The highest BCUT2D eigenvalue weighted by atomic mass is 79.9. The van der Waals surface area contributed by atoms with Crippen molar-refractivity contribution in [3.8, 4) is 0 Å². The fourth-order valence-corrected chi connectivity index (χ4v) is 6.40. The molecule has 1 aliphatic heterocycles. The molecule has 1 atom stereocenters. The van der Waals surface area contributed by atoms with Crippen LogP contribution in [0.25, 0.3) is 10.9 Å². The summed E-state index contributed by atoms with van der Waals surface area (Å²) in [6.45, 7) is 8.50. The molecule has 3 aromatic carbocycles. The van der Waals surface area contributed by atoms with Gasteiger partial charge in [0.1, 0.15) is 11.6 Å². The summed E-state index contributed by atoms with van der Waals surface area (Å²) in [5.74, 6) is 1.96. The Morgan fingerprint density at radius 2 is 1.50 bits per heavy atom. The lowest BCUT2D eigenvalue weighted by Crippen LogP contribution is -2.49. The summed E-state index contributed by atoms with van der Waals surface area (Å²) in [6.07, 6.45) is 0. The zero-order valence-corrected chi connectivity index (χ0v) is 24.2. The number of piperazine rings is 1. The molecule has 198 valence electrons. The van der Waals surface area contributed by atoms with Crippen LogP contribution >= 0.6 is 15.9 Å². The normalized spacial score (nSPS) is 16.1. The Labute approximate surface area is 233 Å². The second-order valence-electron chi connectivity index (χ2n) is 9.92. The maximum atomic E-state index is 13.1. The maximum Gasteiger partial charge on any atom is 0.243 e. The topological polar surface area (TPSA) is 78.4 Å². The number of hydrogen-bond acceptors (Lipinski definition) is 6. The van der Waals surface area contributed by atoms with E-state index in [1.54, 1.807) is 28.6 Å². The number of halogens is 1. The number of sulfonamides is 1. The molecule has 1 aromatic heterocycles. The molecule has 1 N–H and O–H groups in total. The minimum absolute atomic E-state index is 0.0685. The number of rotatable bonds is 7. The SMILES string of the molecule is CC(C)c1ccc(Nc2nc([C@H](C)N3CCN(S(=O)(=O)c4ccc(Br)cc4)CC3)nc3ccccc23)cc1. The van der Waals surface area contributed by atoms with Crippen LogP contribution in [0.3, 0.4) is 0 Å². The Kier molecular flexibility index (Phi) is 7.81. The zero-order chi connectivity index (χ0) is 26.9. The highest BCUT2D eigenvalue weighted by Crippen LogP contribution is 2.29. The van der Waals surface area contributed by atoms with Gasteiger partial charge in [0.25, 0.3) is 0 Å². The summed E-state index contributed by atoms with van der Waals surface area (Å²) >= 11 is 3.37. The number of aromatic nitrogens is 2. The van der Waals surface area contributed by atoms with Crippen molar-refractivity contribution in [2.75, 3.05) is 31.5 Å². The minimum Gasteiger partial charge on any atom is -0.340 e. The first-order chi connectivity index (χ1) is 18.2. The van der Waals surface area contributed by atoms with Gasteiger partial charge in [-0.2, -0.15) is 4.31 Å². The molecule has 0 aliphatic carbocycles. The van der Waals surface area contributed by atoms with Crippen LogP contribution in [0, 0.1) is 0 Å². The monoisotopic (exact) mass is 593 g/mol. The van der Waals surface area contributed by atoms with E-state index in [2.05, 4.69) is 71.2 Å². The molecular weight excluding hydrogens is 562 g/mol. The Balaban J connectivity index is 1.35. The van der Waals surface area contributed by atoms with Crippen LogP contribution in [-0.2, 0) is 10.0 Å². The van der Waals surface area contributed by atoms with E-state index in [1.165, 1.54) is 5.56 Å². The van der Waals surface area contributed by atoms with Crippen LogP contribution in [0.5, 0.6) is 0 Å². The molecule has 4 aromatic rings. The molecule has 0 saturated carbocycles. The summed E-state index contributed by atoms with van der Waals surface area (Å²) in [4.78, 5) is 12.4. The Bertz CT molecular complexity index is 1520. The molecule has 9 heteroatoms. The average Bonchev–Trinajstić information content (AvgIpc) is 2.93. The Morgan fingerprint density at radius 3 is 2.16 bits per heavy atom. The largest absolute Gasteiger partial charge is 0.340 e. The van der Waals surface area contributed by atoms with E-state index in [1.807, 2.05) is 24.3 Å². The van der Waals surface area contributed by atoms with E-state index in [4.69, 9.17) is 9.97 Å². The van der Waals surface area contributed by atoms with Gasteiger partial charge in [-0.3, -0.25) is 4.90 Å². The van der Waals surface area contributed by atoms with Crippen LogP contribution in [0.4, 0.5) is 11.5 Å². The standard InChI is InChI=1S/C29H32BrN5O2S/c1-20(2)22-8-12-24(13-9-22)31-29-26-6-4-5-7-27(26)32-28(33-29)21(3)34-16-18-35(19-17-34)38(36,37)25-14-10-23(30)11-15-25/h4-15,20-21H,16-19H2,1-3H3,(H,31,32,33)/t21-/m0/s1. The third-order valence-corrected chi connectivity index (χ3v) is 9.55. The van der Waals surface area contributed by atoms with E-state index < -0.39 is 10.0 Å². The molecule has 5 rings (SSSR count). The van der Waals surface area contributed by atoms with Crippen LogP contribution in [0.1, 0.15) is 44.1 Å². The van der Waals surface area contributed by atoms with Crippen molar-refractivity contribution in [3.05, 3.63) is 88.7 Å². The quantitative estimate of drug-likeness (QED) is 0.270. The van der Waals surface area contributed by atoms with Gasteiger partial charge in [-0.05, 0) is 66.9 Å². The molecule has 38 heavy (non-hydrogen) atoms. The van der Waals surface area contributed by atoms with E-state index >= 15 is 0 Å². The summed E-state index contributed by atoms with van der Waals surface area (Å²) in [6, 6.07) is 23.2. The van der Waals surface area contributed by atoms with Crippen molar-refractivity contribution in [1.82, 2.24) is 19.2 Å². The minimum atomic E-state index is -3.53. The zero-order valence-electron chi connectivity index (χ0n) is 21.8. The van der Waals surface area contributed by atoms with Crippen LogP contribution in [0.2, 0.25) is 0 Å². The lowest BCUT2D eigenvalue weighted by Gasteiger charge is -2.36. The summed E-state index contributed by atoms with van der Waals surface area (Å²) in [5.41, 5.74) is 3.14. The van der Waals surface area contributed by atoms with Crippen molar-refractivity contribution in [2.24, 2.45) is 0 Å². The van der Waals surface area contributed by atoms with E-state index in [0.717, 1.165) is 26.9 Å². The molecule has 0 radical (unpaired) electrons. The smallest absolute Gasteiger partial charge is 0.243 e. The highest BCUT2D eigenvalue weighted by molar-refractivity contribution is 9.10. The van der Waals surface area contributed by atoms with Gasteiger partial charge >= 0.3 is 0 Å². The third-order valence-electron chi connectivity index (χ3n) is 7.11. The fourth-order valence-electron chi connectivity index (χ4n) is 4.71. The van der Waals surface area contributed by atoms with E-state index in [-0.39, 0.29) is 6.04 Å². The first-order valence-corrected chi connectivity index (χ1v) is 15.1. The van der Waals surface area contributed by atoms with Crippen molar-refractivity contribution in [2.45, 2.75) is 37.6 Å². The number of nitrogens with one attached hydrogen (secondary N) is 1. The predicted molar refractivity (Wildman–Crippen MR) is 156 cm³/mol. The molecule has 0 unspecified atom stereocenters. The maximum absolute atomic E-state index is 13.1. The molecule has 1 fully saturated rings. The molecule has 1 aliphatic rings. The van der Waals surface area contributed by atoms with Crippen LogP contribution < -0.4 is 5.32 Å². The van der Waals surface area contributed by atoms with Gasteiger partial charge in [0.05, 0.1) is 16.5 Å². The van der Waals surface area contributed by atoms with E-state index in [9.17, 15) is 8.42 Å². The van der Waals surface area contributed by atoms with Gasteiger partial charge in [0.2, 0.25) is 10.0 Å². The summed E-state index contributed by atoms with van der Waals surface area (Å²) in [5, 5.41) is 4.46. The van der Waals surface area contributed by atoms with Crippen molar-refractivity contribution >= 4 is 48.4 Å². The van der Waals surface area contributed by atoms with Crippen molar-refractivity contribution in [1.29, 1.82) is 0 Å². The molecule has 0 spiro atoms. The number of fused-ring (bicyclic) bond motifs is 1. The lowest BCUT2D eigenvalue weighted by atomic mass is 10.0. The van der Waals surface area contributed by atoms with Crippen molar-refractivity contribution < 1.29 is 8.42 Å². The number of para-hydroxylation sites is 1. The predicted octanol–water partition coefficient (Wildman–Crippen LogP) is 6.33. The fraction of sp³-hybridized carbons (Fsp3) is 0.310. The van der Waals surface area contributed by atoms with E-state index in [0.29, 0.717) is 42.8 Å². The summed E-state index contributed by atoms with van der Waals surface area (Å²) in [7, 11) is -3.53. The number of nitrogens with zero attached hydrogens (tertiary/aromatic N) is 4. The Hall–Kier alpha value is -2.85. The van der Waals surface area contributed by atoms with Gasteiger partial charge in [-0.15, -0.1) is 0 Å². The highest BCUT2D eigenvalue weighted by Gasteiger charge is 2.31. The first-order valence-electron chi connectivity index (χ1n) is 12.9. The summed E-state index contributed by atoms with van der Waals surface area (Å²) < 4.78 is 28.7. The molecular formula is C29H32BrN5O2S. The second kappa shape index (κ2) is 11.1. The second-order valence-corrected chi connectivity index (χ2v) is 12.8. The van der Waals surface area contributed by atoms with Crippen LogP contribution in [-0.4, -0.2) is 53.8 Å². The van der Waals surface area contributed by atoms with Crippen molar-refractivity contribution in [3.63, 3.8) is 0 Å². The molecule has 0 bridgehead atoms. The lowest BCUT2D eigenvalue weighted by molar-refractivity contribution is 0.141. The number of hydrogen-bond donors (Lipinski definition) is 1. The Morgan fingerprint density at radius 1 is 0.842 bits per heavy atom. The molecule has 0 amide bonds. The van der Waals surface area contributed by atoms with Gasteiger partial charge in [0.15, 0.2) is 0 Å².